The first-order valence-electron chi connectivity index (χ1n) is 7.33. The first-order valence-corrected chi connectivity index (χ1v) is 8.32. The predicted octanol–water partition coefficient (Wildman–Crippen LogP) is 4.13. The van der Waals surface area contributed by atoms with Crippen molar-refractivity contribution in [2.75, 3.05) is 25.3 Å². The number of rotatable bonds is 7. The van der Waals surface area contributed by atoms with Crippen molar-refractivity contribution in [3.63, 3.8) is 0 Å². The molecule has 4 nitrogen and oxygen atoms in total. The summed E-state index contributed by atoms with van der Waals surface area (Å²) in [7, 11) is 3.15. The van der Waals surface area contributed by atoms with Gasteiger partial charge in [0.2, 0.25) is 5.91 Å². The highest BCUT2D eigenvalue weighted by Crippen LogP contribution is 2.29. The van der Waals surface area contributed by atoms with Crippen molar-refractivity contribution in [3.8, 4) is 11.5 Å². The fraction of sp³-hybridized carbons (Fsp3) is 0.278. The molecule has 122 valence electrons. The van der Waals surface area contributed by atoms with Crippen molar-refractivity contribution in [2.24, 2.45) is 0 Å². The maximum absolute atomic E-state index is 12.0. The molecule has 0 aliphatic heterocycles. The van der Waals surface area contributed by atoms with Crippen LogP contribution in [0.4, 0.5) is 5.69 Å². The van der Waals surface area contributed by atoms with E-state index in [4.69, 9.17) is 9.47 Å². The molecule has 0 aromatic heterocycles. The molecule has 0 saturated heterocycles. The summed E-state index contributed by atoms with van der Waals surface area (Å²) >= 11 is 1.68. The van der Waals surface area contributed by atoms with Gasteiger partial charge in [0.25, 0.3) is 0 Å². The highest BCUT2D eigenvalue weighted by molar-refractivity contribution is 7.99. The summed E-state index contributed by atoms with van der Waals surface area (Å²) in [5.74, 6) is 1.96. The number of anilines is 1. The van der Waals surface area contributed by atoms with Gasteiger partial charge >= 0.3 is 0 Å². The van der Waals surface area contributed by atoms with Crippen molar-refractivity contribution in [3.05, 3.63) is 48.0 Å². The smallest absolute Gasteiger partial charge is 0.225 e. The van der Waals surface area contributed by atoms with Gasteiger partial charge in [-0.05, 0) is 31.2 Å². The summed E-state index contributed by atoms with van der Waals surface area (Å²) in [5.41, 5.74) is 1.94. The molecular formula is C18H21NO3S. The lowest BCUT2D eigenvalue weighted by Crippen LogP contribution is -2.12. The van der Waals surface area contributed by atoms with Crippen molar-refractivity contribution in [2.45, 2.75) is 18.2 Å². The van der Waals surface area contributed by atoms with Gasteiger partial charge in [-0.25, -0.2) is 0 Å². The average Bonchev–Trinajstić information content (AvgIpc) is 2.56. The van der Waals surface area contributed by atoms with Gasteiger partial charge in [0.05, 0.1) is 14.2 Å². The van der Waals surface area contributed by atoms with Gasteiger partial charge in [-0.3, -0.25) is 4.79 Å². The topological polar surface area (TPSA) is 47.6 Å². The highest BCUT2D eigenvalue weighted by atomic mass is 32.2. The summed E-state index contributed by atoms with van der Waals surface area (Å²) < 4.78 is 10.4. The summed E-state index contributed by atoms with van der Waals surface area (Å²) in [6.07, 6.45) is 0.451. The van der Waals surface area contributed by atoms with E-state index in [0.29, 0.717) is 23.6 Å². The maximum Gasteiger partial charge on any atom is 0.225 e. The van der Waals surface area contributed by atoms with Crippen LogP contribution < -0.4 is 14.8 Å². The predicted molar refractivity (Wildman–Crippen MR) is 94.7 cm³/mol. The third-order valence-corrected chi connectivity index (χ3v) is 4.30. The zero-order chi connectivity index (χ0) is 16.7. The van der Waals surface area contributed by atoms with Gasteiger partial charge in [-0.15, -0.1) is 11.8 Å². The zero-order valence-corrected chi connectivity index (χ0v) is 14.4. The van der Waals surface area contributed by atoms with Crippen molar-refractivity contribution < 1.29 is 14.3 Å². The number of ether oxygens (including phenoxy) is 2. The number of nitrogens with one attached hydrogen (secondary N) is 1. The minimum atomic E-state index is -0.0168. The van der Waals surface area contributed by atoms with E-state index in [9.17, 15) is 4.79 Å². The summed E-state index contributed by atoms with van der Waals surface area (Å²) in [6.45, 7) is 2.06. The van der Waals surface area contributed by atoms with Crippen LogP contribution in [0.25, 0.3) is 0 Å². The molecule has 1 amide bonds. The van der Waals surface area contributed by atoms with Crippen LogP contribution in [0.3, 0.4) is 0 Å². The molecule has 5 heteroatoms. The minimum absolute atomic E-state index is 0.0168. The van der Waals surface area contributed by atoms with Crippen molar-refractivity contribution in [1.82, 2.24) is 0 Å². The number of benzene rings is 2. The SMILES string of the molecule is COc1ccc(NC(=O)CCSc2ccc(C)cc2)cc1OC. The molecule has 2 aromatic rings. The van der Waals surface area contributed by atoms with Crippen molar-refractivity contribution in [1.29, 1.82) is 0 Å². The van der Waals surface area contributed by atoms with Crippen molar-refractivity contribution >= 4 is 23.4 Å². The maximum atomic E-state index is 12.0. The summed E-state index contributed by atoms with van der Waals surface area (Å²) in [4.78, 5) is 13.2. The average molecular weight is 331 g/mol. The monoisotopic (exact) mass is 331 g/mol. The number of methoxy groups -OCH3 is 2. The normalized spacial score (nSPS) is 10.2. The van der Waals surface area contributed by atoms with Crippen LogP contribution in [0, 0.1) is 6.92 Å². The van der Waals surface area contributed by atoms with Crippen LogP contribution in [-0.4, -0.2) is 25.9 Å². The Morgan fingerprint density at radius 1 is 1.04 bits per heavy atom. The summed E-state index contributed by atoms with van der Waals surface area (Å²) in [6, 6.07) is 13.6. The van der Waals surface area contributed by atoms with Crippen LogP contribution >= 0.6 is 11.8 Å². The summed E-state index contributed by atoms with van der Waals surface area (Å²) in [5, 5.41) is 2.88. The number of carbonyl (C=O) groups is 1. The van der Waals surface area contributed by atoms with E-state index in [1.165, 1.54) is 10.5 Å². The third kappa shape index (κ3) is 5.21. The Morgan fingerprint density at radius 3 is 2.39 bits per heavy atom. The molecule has 0 unspecified atom stereocenters. The van der Waals surface area contributed by atoms with Gasteiger partial charge in [0.15, 0.2) is 11.5 Å². The Kier molecular flexibility index (Phi) is 6.35. The number of thioether (sulfide) groups is 1. The van der Waals surface area contributed by atoms with Crippen LogP contribution in [0.2, 0.25) is 0 Å². The third-order valence-electron chi connectivity index (χ3n) is 3.29. The van der Waals surface area contributed by atoms with Crippen LogP contribution in [-0.2, 0) is 4.79 Å². The van der Waals surface area contributed by atoms with E-state index in [2.05, 4.69) is 36.5 Å². The lowest BCUT2D eigenvalue weighted by Gasteiger charge is -2.10. The Hall–Kier alpha value is -2.14. The van der Waals surface area contributed by atoms with Gasteiger partial charge in [0.1, 0.15) is 0 Å². The number of carbonyl (C=O) groups excluding carboxylic acids is 1. The lowest BCUT2D eigenvalue weighted by molar-refractivity contribution is -0.115. The molecule has 2 rings (SSSR count). The van der Waals surface area contributed by atoms with Gasteiger partial charge in [0, 0.05) is 28.8 Å². The number of hydrogen-bond acceptors (Lipinski definition) is 4. The lowest BCUT2D eigenvalue weighted by atomic mass is 10.2. The largest absolute Gasteiger partial charge is 0.493 e. The van der Waals surface area contributed by atoms with E-state index in [0.717, 1.165) is 5.75 Å². The molecule has 0 bridgehead atoms. The molecule has 1 N–H and O–H groups in total. The molecular weight excluding hydrogens is 310 g/mol. The molecule has 0 saturated carbocycles. The fourth-order valence-corrected chi connectivity index (χ4v) is 2.89. The Balaban J connectivity index is 1.83. The minimum Gasteiger partial charge on any atom is -0.493 e. The molecule has 0 radical (unpaired) electrons. The molecule has 0 fully saturated rings. The Bertz CT molecular complexity index is 656. The Morgan fingerprint density at radius 2 is 1.74 bits per heavy atom. The second-order valence-corrected chi connectivity index (χ2v) is 6.20. The zero-order valence-electron chi connectivity index (χ0n) is 13.6. The standard InChI is InChI=1S/C18H21NO3S/c1-13-4-7-15(8-5-13)23-11-10-18(20)19-14-6-9-16(21-2)17(12-14)22-3/h4-9,12H,10-11H2,1-3H3,(H,19,20). The van der Waals surface area contributed by atoms with E-state index in [1.807, 2.05) is 0 Å². The molecule has 0 aliphatic rings. The first kappa shape index (κ1) is 17.2. The Labute approximate surface area is 141 Å². The molecule has 0 aliphatic carbocycles. The molecule has 0 spiro atoms. The second kappa shape index (κ2) is 8.48. The van der Waals surface area contributed by atoms with Gasteiger partial charge < -0.3 is 14.8 Å². The fourth-order valence-electron chi connectivity index (χ4n) is 2.03. The number of aryl methyl sites for hydroxylation is 1. The first-order chi connectivity index (χ1) is 11.1. The van der Waals surface area contributed by atoms with Crippen LogP contribution in [0.5, 0.6) is 11.5 Å². The molecule has 23 heavy (non-hydrogen) atoms. The van der Waals surface area contributed by atoms with Crippen LogP contribution in [0.15, 0.2) is 47.4 Å². The second-order valence-electron chi connectivity index (χ2n) is 5.03. The molecule has 2 aromatic carbocycles. The molecule has 0 heterocycles. The van der Waals surface area contributed by atoms with Crippen LogP contribution in [0.1, 0.15) is 12.0 Å². The number of amides is 1. The van der Waals surface area contributed by atoms with Gasteiger partial charge in [-0.1, -0.05) is 17.7 Å². The molecule has 0 atom stereocenters. The van der Waals surface area contributed by atoms with E-state index >= 15 is 0 Å². The van der Waals surface area contributed by atoms with Gasteiger partial charge in [-0.2, -0.15) is 0 Å². The van der Waals surface area contributed by atoms with E-state index in [-0.39, 0.29) is 5.91 Å². The van der Waals surface area contributed by atoms with E-state index in [1.54, 1.807) is 44.2 Å². The highest BCUT2D eigenvalue weighted by Gasteiger charge is 2.07. The quantitative estimate of drug-likeness (QED) is 0.775. The number of hydrogen-bond donors (Lipinski definition) is 1. The van der Waals surface area contributed by atoms with E-state index < -0.39 is 0 Å².